The normalized spacial score (nSPS) is 19.3. The van der Waals surface area contributed by atoms with E-state index in [1.54, 1.807) is 0 Å². The van der Waals surface area contributed by atoms with Gasteiger partial charge in [-0.3, -0.25) is 4.79 Å². The van der Waals surface area contributed by atoms with Crippen LogP contribution in [0.4, 0.5) is 4.39 Å². The van der Waals surface area contributed by atoms with Crippen molar-refractivity contribution in [3.63, 3.8) is 0 Å². The van der Waals surface area contributed by atoms with Crippen LogP contribution in [0.2, 0.25) is 0 Å². The van der Waals surface area contributed by atoms with Gasteiger partial charge < -0.3 is 10.1 Å². The Balaban J connectivity index is 1.89. The molecule has 1 N–H and O–H groups in total. The van der Waals surface area contributed by atoms with Gasteiger partial charge in [0.1, 0.15) is 17.2 Å². The van der Waals surface area contributed by atoms with Crippen molar-refractivity contribution in [3.05, 3.63) is 51.6 Å². The lowest BCUT2D eigenvalue weighted by atomic mass is 9.92. The molecule has 0 saturated heterocycles. The molecule has 27 heavy (non-hydrogen) atoms. The van der Waals surface area contributed by atoms with Crippen molar-refractivity contribution in [1.82, 2.24) is 5.32 Å². The number of benzene rings is 1. The van der Waals surface area contributed by atoms with Crippen molar-refractivity contribution in [1.29, 1.82) is 0 Å². The molecule has 0 aromatic heterocycles. The molecule has 1 aromatic rings. The lowest BCUT2D eigenvalue weighted by Gasteiger charge is -2.21. The quantitative estimate of drug-likeness (QED) is 0.773. The second-order valence-corrected chi connectivity index (χ2v) is 7.71. The van der Waals surface area contributed by atoms with Crippen LogP contribution in [-0.2, 0) is 27.9 Å². The summed E-state index contributed by atoms with van der Waals surface area (Å²) in [4.78, 5) is 11.2. The SMILES string of the molecule is CNC(=O)C1=CC(Cl)=C(COc2ccc3c(c2)CCCC3)C(=S(=O)=O)C1F. The van der Waals surface area contributed by atoms with Gasteiger partial charge in [0.05, 0.1) is 5.57 Å². The fourth-order valence-electron chi connectivity index (χ4n) is 3.31. The first-order valence-electron chi connectivity index (χ1n) is 8.59. The molecule has 2 aliphatic carbocycles. The number of rotatable bonds is 4. The van der Waals surface area contributed by atoms with Crippen LogP contribution in [0.1, 0.15) is 24.0 Å². The van der Waals surface area contributed by atoms with Gasteiger partial charge >= 0.3 is 0 Å². The Labute approximate surface area is 163 Å². The molecule has 144 valence electrons. The third kappa shape index (κ3) is 4.09. The molecular formula is C19H19ClFNO4S. The molecule has 0 spiro atoms. The Morgan fingerprint density at radius 2 is 2.00 bits per heavy atom. The van der Waals surface area contributed by atoms with Crippen molar-refractivity contribution >= 4 is 32.7 Å². The Hall–Kier alpha value is -2.12. The molecule has 2 aliphatic rings. The highest BCUT2D eigenvalue weighted by Crippen LogP contribution is 2.29. The average Bonchev–Trinajstić information content (AvgIpc) is 2.67. The molecule has 1 unspecified atom stereocenters. The van der Waals surface area contributed by atoms with Gasteiger partial charge in [0.15, 0.2) is 6.17 Å². The number of alkyl halides is 1. The zero-order valence-corrected chi connectivity index (χ0v) is 16.3. The van der Waals surface area contributed by atoms with Gasteiger partial charge in [0, 0.05) is 17.7 Å². The number of halogens is 2. The van der Waals surface area contributed by atoms with Gasteiger partial charge in [-0.15, -0.1) is 0 Å². The van der Waals surface area contributed by atoms with Crippen LogP contribution in [0.15, 0.2) is 40.5 Å². The summed E-state index contributed by atoms with van der Waals surface area (Å²) in [5, 5.41) is 2.24. The smallest absolute Gasteiger partial charge is 0.250 e. The van der Waals surface area contributed by atoms with E-state index in [0.29, 0.717) is 5.75 Å². The number of carbonyl (C=O) groups is 1. The summed E-state index contributed by atoms with van der Waals surface area (Å²) in [6, 6.07) is 5.74. The summed E-state index contributed by atoms with van der Waals surface area (Å²) in [7, 11) is -1.55. The van der Waals surface area contributed by atoms with Gasteiger partial charge in [0.25, 0.3) is 0 Å². The third-order valence-electron chi connectivity index (χ3n) is 4.74. The molecule has 1 aromatic carbocycles. The van der Waals surface area contributed by atoms with E-state index in [4.69, 9.17) is 16.3 Å². The van der Waals surface area contributed by atoms with Crippen LogP contribution in [0.5, 0.6) is 5.75 Å². The van der Waals surface area contributed by atoms with E-state index >= 15 is 0 Å². The number of fused-ring (bicyclic) bond motifs is 1. The summed E-state index contributed by atoms with van der Waals surface area (Å²) < 4.78 is 43.6. The van der Waals surface area contributed by atoms with E-state index in [0.717, 1.165) is 25.3 Å². The topological polar surface area (TPSA) is 72.5 Å². The highest BCUT2D eigenvalue weighted by Gasteiger charge is 2.34. The molecule has 1 atom stereocenters. The second kappa shape index (κ2) is 8.27. The van der Waals surface area contributed by atoms with E-state index in [2.05, 4.69) is 5.32 Å². The van der Waals surface area contributed by atoms with E-state index in [-0.39, 0.29) is 22.8 Å². The molecule has 5 nitrogen and oxygen atoms in total. The molecule has 0 bridgehead atoms. The molecule has 0 fully saturated rings. The molecule has 0 aliphatic heterocycles. The number of ether oxygens (including phenoxy) is 1. The monoisotopic (exact) mass is 411 g/mol. The summed E-state index contributed by atoms with van der Waals surface area (Å²) in [5.74, 6) is -0.154. The molecule has 0 radical (unpaired) electrons. The van der Waals surface area contributed by atoms with Gasteiger partial charge in [-0.2, -0.15) is 8.42 Å². The minimum atomic E-state index is -2.88. The number of aryl methyl sites for hydroxylation is 2. The number of hydrogen-bond donors (Lipinski definition) is 1. The van der Waals surface area contributed by atoms with Crippen molar-refractivity contribution in [2.24, 2.45) is 0 Å². The maximum Gasteiger partial charge on any atom is 0.250 e. The maximum absolute atomic E-state index is 14.7. The van der Waals surface area contributed by atoms with Crippen LogP contribution in [0.3, 0.4) is 0 Å². The summed E-state index contributed by atoms with van der Waals surface area (Å²) in [6.45, 7) is -0.209. The van der Waals surface area contributed by atoms with Crippen LogP contribution >= 0.6 is 11.6 Å². The lowest BCUT2D eigenvalue weighted by Crippen LogP contribution is -2.35. The first kappa shape index (κ1) is 19.6. The number of amides is 1. The molecule has 0 heterocycles. The number of nitrogens with one attached hydrogen (secondary N) is 1. The average molecular weight is 412 g/mol. The number of hydrogen-bond acceptors (Lipinski definition) is 4. The van der Waals surface area contributed by atoms with Crippen molar-refractivity contribution in [3.8, 4) is 5.75 Å². The Morgan fingerprint density at radius 1 is 1.30 bits per heavy atom. The third-order valence-corrected chi connectivity index (χ3v) is 5.89. The number of allylic oxidation sites excluding steroid dienone is 2. The van der Waals surface area contributed by atoms with Gasteiger partial charge in [-0.25, -0.2) is 4.39 Å². The zero-order valence-electron chi connectivity index (χ0n) is 14.7. The summed E-state index contributed by atoms with van der Waals surface area (Å²) in [5.41, 5.74) is 2.17. The molecule has 3 rings (SSSR count). The van der Waals surface area contributed by atoms with Crippen LogP contribution in [0, 0.1) is 0 Å². The van der Waals surface area contributed by atoms with Crippen LogP contribution in [0.25, 0.3) is 0 Å². The molecule has 0 saturated carbocycles. The predicted octanol–water partition coefficient (Wildman–Crippen LogP) is 2.51. The first-order chi connectivity index (χ1) is 12.9. The summed E-state index contributed by atoms with van der Waals surface area (Å²) in [6.07, 6.45) is 3.36. The molecular weight excluding hydrogens is 393 g/mol. The van der Waals surface area contributed by atoms with Crippen molar-refractivity contribution in [2.75, 3.05) is 13.7 Å². The van der Waals surface area contributed by atoms with E-state index in [1.807, 2.05) is 18.2 Å². The van der Waals surface area contributed by atoms with Gasteiger partial charge in [0.2, 0.25) is 16.2 Å². The Bertz CT molecular complexity index is 973. The molecule has 8 heteroatoms. The molecule has 1 amide bonds. The number of likely N-dealkylation sites (N-methyl/N-ethyl adjacent to an activating group) is 1. The lowest BCUT2D eigenvalue weighted by molar-refractivity contribution is -0.117. The fourth-order valence-corrected chi connectivity index (χ4v) is 4.31. The van der Waals surface area contributed by atoms with E-state index in [1.165, 1.54) is 24.6 Å². The van der Waals surface area contributed by atoms with Crippen molar-refractivity contribution in [2.45, 2.75) is 31.9 Å². The minimum Gasteiger partial charge on any atom is -0.489 e. The van der Waals surface area contributed by atoms with E-state index in [9.17, 15) is 17.6 Å². The zero-order chi connectivity index (χ0) is 19.6. The fraction of sp³-hybridized carbons (Fsp3) is 0.368. The van der Waals surface area contributed by atoms with Crippen molar-refractivity contribution < 1.29 is 22.3 Å². The van der Waals surface area contributed by atoms with Crippen LogP contribution < -0.4 is 10.1 Å². The van der Waals surface area contributed by atoms with Gasteiger partial charge in [-0.05, 0) is 55.0 Å². The highest BCUT2D eigenvalue weighted by molar-refractivity contribution is 7.73. The minimum absolute atomic E-state index is 0.0165. The maximum atomic E-state index is 14.7. The largest absolute Gasteiger partial charge is 0.489 e. The van der Waals surface area contributed by atoms with Crippen LogP contribution in [-0.4, -0.2) is 39.0 Å². The Morgan fingerprint density at radius 3 is 2.67 bits per heavy atom. The standard InChI is InChI=1S/C19H19ClFNO4S/c1-22-19(23)14-9-16(20)15(18(17(14)21)27(24)25)10-26-13-7-6-11-4-2-3-5-12(11)8-13/h6-9,17H,2-5,10H2,1H3,(H,22,23). The second-order valence-electron chi connectivity index (χ2n) is 6.39. The summed E-state index contributed by atoms with van der Waals surface area (Å²) >= 11 is 6.15. The first-order valence-corrected chi connectivity index (χ1v) is 10.0. The predicted molar refractivity (Wildman–Crippen MR) is 102 cm³/mol. The van der Waals surface area contributed by atoms with Gasteiger partial charge in [-0.1, -0.05) is 17.7 Å². The number of carbonyl (C=O) groups excluding carboxylic acids is 1. The Kier molecular flexibility index (Phi) is 6.01. The highest BCUT2D eigenvalue weighted by atomic mass is 35.5. The van der Waals surface area contributed by atoms with E-state index < -0.39 is 27.2 Å².